The Hall–Kier alpha value is -3.80. The molecule has 0 atom stereocenters. The third-order valence-electron chi connectivity index (χ3n) is 5.43. The smallest absolute Gasteiger partial charge is 0.314 e. The third kappa shape index (κ3) is 4.70. The van der Waals surface area contributed by atoms with Crippen LogP contribution in [0.25, 0.3) is 22.7 Å². The van der Waals surface area contributed by atoms with Gasteiger partial charge in [0.05, 0.1) is 24.0 Å². The minimum absolute atomic E-state index is 0.00114. The molecule has 4 aromatic heterocycles. The van der Waals surface area contributed by atoms with Crippen LogP contribution in [0.15, 0.2) is 47.3 Å². The van der Waals surface area contributed by atoms with Crippen molar-refractivity contribution in [3.05, 3.63) is 54.4 Å². The molecule has 4 aromatic rings. The average Bonchev–Trinajstić information content (AvgIpc) is 3.51. The molecule has 0 saturated carbocycles. The van der Waals surface area contributed by atoms with E-state index in [0.29, 0.717) is 12.1 Å². The normalized spacial score (nSPS) is 14.8. The SMILES string of the molecule is CN1CCN(c2cc(-c3cn(Cc4ccc(-c5nnc(C(F)F)o5)cn4)nn3)ccn2)CC1. The zero-order valence-electron chi connectivity index (χ0n) is 17.8. The van der Waals surface area contributed by atoms with Crippen molar-refractivity contribution >= 4 is 5.82 Å². The number of hydrogen-bond donors (Lipinski definition) is 0. The largest absolute Gasteiger partial charge is 0.415 e. The Morgan fingerprint density at radius 3 is 2.58 bits per heavy atom. The van der Waals surface area contributed by atoms with Crippen LogP contribution >= 0.6 is 0 Å². The average molecular weight is 453 g/mol. The van der Waals surface area contributed by atoms with Gasteiger partial charge in [0.2, 0.25) is 5.89 Å². The van der Waals surface area contributed by atoms with E-state index in [-0.39, 0.29) is 5.89 Å². The molecule has 1 aliphatic rings. The van der Waals surface area contributed by atoms with Gasteiger partial charge < -0.3 is 14.2 Å². The first-order chi connectivity index (χ1) is 16.0. The summed E-state index contributed by atoms with van der Waals surface area (Å²) in [5.41, 5.74) is 2.87. The highest BCUT2D eigenvalue weighted by Crippen LogP contribution is 2.24. The number of hydrogen-bond acceptors (Lipinski definition) is 9. The molecule has 5 rings (SSSR count). The summed E-state index contributed by atoms with van der Waals surface area (Å²) in [7, 11) is 2.12. The molecular formula is C21H21F2N9O. The van der Waals surface area contributed by atoms with Crippen LogP contribution in [0.3, 0.4) is 0 Å². The van der Waals surface area contributed by atoms with Gasteiger partial charge in [-0.1, -0.05) is 5.21 Å². The van der Waals surface area contributed by atoms with Crippen LogP contribution in [0.1, 0.15) is 18.0 Å². The van der Waals surface area contributed by atoms with Gasteiger partial charge in [-0.25, -0.2) is 9.67 Å². The fourth-order valence-electron chi connectivity index (χ4n) is 3.54. The van der Waals surface area contributed by atoms with Crippen LogP contribution in [0.2, 0.25) is 0 Å². The lowest BCUT2D eigenvalue weighted by molar-refractivity contribution is 0.116. The Bertz CT molecular complexity index is 1220. The Morgan fingerprint density at radius 2 is 1.85 bits per heavy atom. The van der Waals surface area contributed by atoms with E-state index in [1.807, 2.05) is 18.3 Å². The lowest BCUT2D eigenvalue weighted by Crippen LogP contribution is -2.44. The summed E-state index contributed by atoms with van der Waals surface area (Å²) in [5, 5.41) is 15.5. The van der Waals surface area contributed by atoms with E-state index in [0.717, 1.165) is 48.9 Å². The van der Waals surface area contributed by atoms with Gasteiger partial charge in [-0.3, -0.25) is 4.98 Å². The predicted molar refractivity (Wildman–Crippen MR) is 115 cm³/mol. The number of nitrogens with zero attached hydrogens (tertiary/aromatic N) is 9. The maximum Gasteiger partial charge on any atom is 0.314 e. The molecule has 0 radical (unpaired) electrons. The number of alkyl halides is 2. The molecule has 170 valence electrons. The van der Waals surface area contributed by atoms with Crippen molar-refractivity contribution in [3.8, 4) is 22.7 Å². The lowest BCUT2D eigenvalue weighted by atomic mass is 10.2. The number of halogens is 2. The third-order valence-corrected chi connectivity index (χ3v) is 5.43. The van der Waals surface area contributed by atoms with E-state index in [1.54, 1.807) is 23.0 Å². The van der Waals surface area contributed by atoms with Crippen molar-refractivity contribution in [1.29, 1.82) is 0 Å². The summed E-state index contributed by atoms with van der Waals surface area (Å²) in [6.45, 7) is 4.29. The van der Waals surface area contributed by atoms with E-state index < -0.39 is 12.3 Å². The molecule has 0 aromatic carbocycles. The Kier molecular flexibility index (Phi) is 5.73. The summed E-state index contributed by atoms with van der Waals surface area (Å²) in [5.74, 6) is 0.223. The van der Waals surface area contributed by atoms with Gasteiger partial charge in [0.1, 0.15) is 11.5 Å². The zero-order valence-corrected chi connectivity index (χ0v) is 17.8. The van der Waals surface area contributed by atoms with E-state index in [9.17, 15) is 8.78 Å². The fraction of sp³-hybridized carbons (Fsp3) is 0.333. The maximum absolute atomic E-state index is 12.6. The first-order valence-electron chi connectivity index (χ1n) is 10.4. The number of aromatic nitrogens is 7. The molecule has 1 fully saturated rings. The van der Waals surface area contributed by atoms with Gasteiger partial charge in [0, 0.05) is 44.1 Å². The molecule has 0 unspecified atom stereocenters. The first-order valence-corrected chi connectivity index (χ1v) is 10.4. The number of piperazine rings is 1. The fourth-order valence-corrected chi connectivity index (χ4v) is 3.54. The predicted octanol–water partition coefficient (Wildman–Crippen LogP) is 2.52. The van der Waals surface area contributed by atoms with Crippen molar-refractivity contribution in [2.75, 3.05) is 38.1 Å². The van der Waals surface area contributed by atoms with Crippen LogP contribution in [0.4, 0.5) is 14.6 Å². The highest BCUT2D eigenvalue weighted by Gasteiger charge is 2.18. The zero-order chi connectivity index (χ0) is 22.8. The quantitative estimate of drug-likeness (QED) is 0.436. The van der Waals surface area contributed by atoms with Crippen molar-refractivity contribution < 1.29 is 13.2 Å². The van der Waals surface area contributed by atoms with Crippen molar-refractivity contribution in [2.24, 2.45) is 0 Å². The maximum atomic E-state index is 12.6. The molecule has 33 heavy (non-hydrogen) atoms. The molecule has 12 heteroatoms. The second-order valence-corrected chi connectivity index (χ2v) is 7.78. The topological polar surface area (TPSA) is 102 Å². The summed E-state index contributed by atoms with van der Waals surface area (Å²) < 4.78 is 31.9. The van der Waals surface area contributed by atoms with Gasteiger partial charge in [-0.15, -0.1) is 15.3 Å². The molecule has 1 saturated heterocycles. The van der Waals surface area contributed by atoms with Crippen molar-refractivity contribution in [1.82, 2.24) is 40.1 Å². The Morgan fingerprint density at radius 1 is 1.00 bits per heavy atom. The molecular weight excluding hydrogens is 432 g/mol. The van der Waals surface area contributed by atoms with Crippen molar-refractivity contribution in [3.63, 3.8) is 0 Å². The molecule has 5 heterocycles. The molecule has 0 amide bonds. The standard InChI is InChI=1S/C21H21F2N9O/c1-30-6-8-31(9-7-30)18-10-14(4-5-24-18)17-13-32(29-26-17)12-16-3-2-15(11-25-16)20-27-28-21(33-20)19(22)23/h2-5,10-11,13,19H,6-9,12H2,1H3. The minimum Gasteiger partial charge on any atom is -0.415 e. The summed E-state index contributed by atoms with van der Waals surface area (Å²) in [4.78, 5) is 13.4. The van der Waals surface area contributed by atoms with E-state index >= 15 is 0 Å². The monoisotopic (exact) mass is 453 g/mol. The molecule has 1 aliphatic heterocycles. The Labute approximate surface area is 187 Å². The first kappa shape index (κ1) is 21.1. The molecule has 0 spiro atoms. The van der Waals surface area contributed by atoms with Gasteiger partial charge in [-0.05, 0) is 31.3 Å². The van der Waals surface area contributed by atoms with E-state index in [2.05, 4.69) is 47.3 Å². The summed E-state index contributed by atoms with van der Waals surface area (Å²) in [6.07, 6.45) is 2.34. The van der Waals surface area contributed by atoms with Crippen LogP contribution in [0.5, 0.6) is 0 Å². The van der Waals surface area contributed by atoms with Crippen LogP contribution in [-0.4, -0.2) is 73.3 Å². The van der Waals surface area contributed by atoms with Crippen LogP contribution in [-0.2, 0) is 6.54 Å². The van der Waals surface area contributed by atoms with E-state index in [1.165, 1.54) is 6.20 Å². The van der Waals surface area contributed by atoms with Gasteiger partial charge >= 0.3 is 6.43 Å². The molecule has 0 N–H and O–H groups in total. The molecule has 0 aliphatic carbocycles. The number of pyridine rings is 2. The highest BCUT2D eigenvalue weighted by atomic mass is 19.3. The van der Waals surface area contributed by atoms with E-state index in [4.69, 9.17) is 4.42 Å². The van der Waals surface area contributed by atoms with Gasteiger partial charge in [-0.2, -0.15) is 8.78 Å². The van der Waals surface area contributed by atoms with Gasteiger partial charge in [0.25, 0.3) is 5.89 Å². The molecule has 0 bridgehead atoms. The lowest BCUT2D eigenvalue weighted by Gasteiger charge is -2.33. The van der Waals surface area contributed by atoms with Crippen LogP contribution < -0.4 is 4.90 Å². The Balaban J connectivity index is 1.27. The second kappa shape index (κ2) is 8.98. The number of likely N-dealkylation sites (N-methyl/N-ethyl adjacent to an activating group) is 1. The number of rotatable bonds is 6. The summed E-state index contributed by atoms with van der Waals surface area (Å²) >= 11 is 0. The molecule has 10 nitrogen and oxygen atoms in total. The minimum atomic E-state index is -2.81. The summed E-state index contributed by atoms with van der Waals surface area (Å²) in [6, 6.07) is 7.39. The van der Waals surface area contributed by atoms with Crippen LogP contribution in [0, 0.1) is 0 Å². The van der Waals surface area contributed by atoms with Crippen molar-refractivity contribution in [2.45, 2.75) is 13.0 Å². The second-order valence-electron chi connectivity index (χ2n) is 7.78. The number of anilines is 1. The highest BCUT2D eigenvalue weighted by molar-refractivity contribution is 5.62. The van der Waals surface area contributed by atoms with Gasteiger partial charge in [0.15, 0.2) is 0 Å².